The van der Waals surface area contributed by atoms with Crippen LogP contribution in [-0.4, -0.2) is 17.8 Å². The van der Waals surface area contributed by atoms with Gasteiger partial charge >= 0.3 is 0 Å². The highest BCUT2D eigenvalue weighted by Crippen LogP contribution is 2.33. The molecule has 0 spiro atoms. The van der Waals surface area contributed by atoms with Gasteiger partial charge in [0.05, 0.1) is 4.47 Å². The van der Waals surface area contributed by atoms with Crippen LogP contribution < -0.4 is 10.1 Å². The quantitative estimate of drug-likeness (QED) is 0.586. The van der Waals surface area contributed by atoms with Gasteiger partial charge in [-0.15, -0.1) is 0 Å². The van der Waals surface area contributed by atoms with Gasteiger partial charge in [0.25, 0.3) is 5.91 Å². The molecule has 1 unspecified atom stereocenters. The Morgan fingerprint density at radius 2 is 1.81 bits per heavy atom. The second-order valence-electron chi connectivity index (χ2n) is 5.99. The van der Waals surface area contributed by atoms with Crippen LogP contribution in [0.3, 0.4) is 0 Å². The third kappa shape index (κ3) is 3.94. The molecule has 0 aliphatic carbocycles. The first kappa shape index (κ1) is 18.1. The highest BCUT2D eigenvalue weighted by atomic mass is 79.9. The van der Waals surface area contributed by atoms with Crippen LogP contribution in [0.15, 0.2) is 65.1 Å². The van der Waals surface area contributed by atoms with E-state index in [9.17, 15) is 9.59 Å². The number of halogens is 1. The van der Waals surface area contributed by atoms with Gasteiger partial charge in [0.2, 0.25) is 0 Å². The van der Waals surface area contributed by atoms with Crippen LogP contribution in [0.4, 0.5) is 5.69 Å². The number of ketones is 1. The van der Waals surface area contributed by atoms with Crippen molar-refractivity contribution >= 4 is 44.1 Å². The monoisotopic (exact) mass is 411 g/mol. The standard InChI is InChI=1S/C21H18BrNO3/c1-13(24)16-7-5-8-17(12-16)23-21(25)14(2)26-19-11-10-15-6-3-4-9-18(15)20(19)22/h3-12,14H,1-2H3,(H,23,25). The second kappa shape index (κ2) is 7.70. The molecule has 0 saturated heterocycles. The normalized spacial score (nSPS) is 11.8. The Balaban J connectivity index is 1.74. The highest BCUT2D eigenvalue weighted by Gasteiger charge is 2.17. The summed E-state index contributed by atoms with van der Waals surface area (Å²) in [7, 11) is 0. The van der Waals surface area contributed by atoms with Crippen LogP contribution in [0.5, 0.6) is 5.75 Å². The first-order chi connectivity index (χ1) is 12.5. The molecule has 0 bridgehead atoms. The van der Waals surface area contributed by atoms with Crippen LogP contribution in [0.1, 0.15) is 24.2 Å². The molecule has 3 rings (SSSR count). The van der Waals surface area contributed by atoms with Crippen LogP contribution in [0.25, 0.3) is 10.8 Å². The van der Waals surface area contributed by atoms with Crippen LogP contribution in [0, 0.1) is 0 Å². The second-order valence-corrected chi connectivity index (χ2v) is 6.78. The molecule has 0 aliphatic rings. The average molecular weight is 412 g/mol. The van der Waals surface area contributed by atoms with Gasteiger partial charge in [0.1, 0.15) is 5.75 Å². The molecule has 0 heterocycles. The number of amides is 1. The summed E-state index contributed by atoms with van der Waals surface area (Å²) in [4.78, 5) is 23.9. The van der Waals surface area contributed by atoms with Gasteiger partial charge in [0.15, 0.2) is 11.9 Å². The van der Waals surface area contributed by atoms with E-state index in [2.05, 4.69) is 21.2 Å². The lowest BCUT2D eigenvalue weighted by Gasteiger charge is -2.17. The van der Waals surface area contributed by atoms with Crippen molar-refractivity contribution < 1.29 is 14.3 Å². The van der Waals surface area contributed by atoms with Gasteiger partial charge < -0.3 is 10.1 Å². The Morgan fingerprint density at radius 3 is 2.58 bits per heavy atom. The Hall–Kier alpha value is -2.66. The van der Waals surface area contributed by atoms with E-state index in [-0.39, 0.29) is 11.7 Å². The van der Waals surface area contributed by atoms with Gasteiger partial charge in [0, 0.05) is 11.3 Å². The van der Waals surface area contributed by atoms with Crippen molar-refractivity contribution in [2.24, 2.45) is 0 Å². The number of nitrogens with one attached hydrogen (secondary N) is 1. The molecule has 3 aromatic rings. The molecule has 132 valence electrons. The molecule has 4 nitrogen and oxygen atoms in total. The fourth-order valence-electron chi connectivity index (χ4n) is 2.61. The van der Waals surface area contributed by atoms with Crippen molar-refractivity contribution in [3.63, 3.8) is 0 Å². The minimum atomic E-state index is -0.701. The number of anilines is 1. The number of benzene rings is 3. The van der Waals surface area contributed by atoms with Crippen LogP contribution >= 0.6 is 15.9 Å². The lowest BCUT2D eigenvalue weighted by molar-refractivity contribution is -0.122. The molecule has 5 heteroatoms. The minimum Gasteiger partial charge on any atom is -0.480 e. The van der Waals surface area contributed by atoms with E-state index in [4.69, 9.17) is 4.74 Å². The van der Waals surface area contributed by atoms with E-state index in [1.165, 1.54) is 6.92 Å². The molecular weight excluding hydrogens is 394 g/mol. The smallest absolute Gasteiger partial charge is 0.265 e. The Bertz CT molecular complexity index is 984. The van der Waals surface area contributed by atoms with Crippen LogP contribution in [0.2, 0.25) is 0 Å². The summed E-state index contributed by atoms with van der Waals surface area (Å²) in [6.07, 6.45) is -0.701. The maximum Gasteiger partial charge on any atom is 0.265 e. The van der Waals surface area contributed by atoms with Crippen molar-refractivity contribution in [2.75, 3.05) is 5.32 Å². The zero-order valence-electron chi connectivity index (χ0n) is 14.5. The van der Waals surface area contributed by atoms with Gasteiger partial charge in [-0.2, -0.15) is 0 Å². The molecule has 0 radical (unpaired) electrons. The SMILES string of the molecule is CC(=O)c1cccc(NC(=O)C(C)Oc2ccc3ccccc3c2Br)c1. The minimum absolute atomic E-state index is 0.0505. The average Bonchev–Trinajstić information content (AvgIpc) is 2.64. The Labute approximate surface area is 160 Å². The number of hydrogen-bond acceptors (Lipinski definition) is 3. The van der Waals surface area contributed by atoms with E-state index in [1.807, 2.05) is 36.4 Å². The van der Waals surface area contributed by atoms with Gasteiger partial charge in [-0.1, -0.05) is 42.5 Å². The molecule has 3 aromatic carbocycles. The molecule has 0 aliphatic heterocycles. The molecular formula is C21H18BrNO3. The molecule has 1 atom stereocenters. The first-order valence-electron chi connectivity index (χ1n) is 8.21. The third-order valence-electron chi connectivity index (χ3n) is 4.04. The number of Topliss-reactive ketones (excluding diaryl/α,β-unsaturated/α-hetero) is 1. The zero-order valence-corrected chi connectivity index (χ0v) is 16.0. The Kier molecular flexibility index (Phi) is 5.38. The number of ether oxygens (including phenoxy) is 1. The highest BCUT2D eigenvalue weighted by molar-refractivity contribution is 9.10. The summed E-state index contributed by atoms with van der Waals surface area (Å²) in [5.74, 6) is 0.264. The predicted molar refractivity (Wildman–Crippen MR) is 107 cm³/mol. The van der Waals surface area contributed by atoms with E-state index in [1.54, 1.807) is 31.2 Å². The van der Waals surface area contributed by atoms with Crippen molar-refractivity contribution in [2.45, 2.75) is 20.0 Å². The zero-order chi connectivity index (χ0) is 18.7. The summed E-state index contributed by atoms with van der Waals surface area (Å²) in [6.45, 7) is 3.18. The third-order valence-corrected chi connectivity index (χ3v) is 4.86. The number of carbonyl (C=O) groups excluding carboxylic acids is 2. The molecule has 26 heavy (non-hydrogen) atoms. The molecule has 1 N–H and O–H groups in total. The lowest BCUT2D eigenvalue weighted by Crippen LogP contribution is -2.30. The van der Waals surface area contributed by atoms with E-state index >= 15 is 0 Å². The van der Waals surface area contributed by atoms with Crippen molar-refractivity contribution in [3.8, 4) is 5.75 Å². The summed E-state index contributed by atoms with van der Waals surface area (Å²) < 4.78 is 6.65. The summed E-state index contributed by atoms with van der Waals surface area (Å²) >= 11 is 3.56. The van der Waals surface area contributed by atoms with Crippen LogP contribution in [-0.2, 0) is 4.79 Å². The topological polar surface area (TPSA) is 55.4 Å². The lowest BCUT2D eigenvalue weighted by atomic mass is 10.1. The molecule has 0 aromatic heterocycles. The van der Waals surface area contributed by atoms with Crippen molar-refractivity contribution in [1.82, 2.24) is 0 Å². The van der Waals surface area contributed by atoms with Crippen molar-refractivity contribution in [3.05, 3.63) is 70.7 Å². The number of fused-ring (bicyclic) bond motifs is 1. The largest absolute Gasteiger partial charge is 0.480 e. The number of hydrogen-bond donors (Lipinski definition) is 1. The Morgan fingerprint density at radius 1 is 1.04 bits per heavy atom. The molecule has 0 saturated carbocycles. The van der Waals surface area contributed by atoms with Gasteiger partial charge in [-0.25, -0.2) is 0 Å². The summed E-state index contributed by atoms with van der Waals surface area (Å²) in [5, 5.41) is 4.89. The maximum absolute atomic E-state index is 12.4. The number of rotatable bonds is 5. The van der Waals surface area contributed by atoms with Gasteiger partial charge in [-0.05, 0) is 58.7 Å². The fourth-order valence-corrected chi connectivity index (χ4v) is 3.20. The van der Waals surface area contributed by atoms with E-state index in [0.717, 1.165) is 15.2 Å². The summed E-state index contributed by atoms with van der Waals surface area (Å²) in [5.41, 5.74) is 1.12. The van der Waals surface area contributed by atoms with Gasteiger partial charge in [-0.3, -0.25) is 9.59 Å². The fraction of sp³-hybridized carbons (Fsp3) is 0.143. The maximum atomic E-state index is 12.4. The predicted octanol–water partition coefficient (Wildman–Crippen LogP) is 5.21. The number of carbonyl (C=O) groups is 2. The summed E-state index contributed by atoms with van der Waals surface area (Å²) in [6, 6.07) is 18.6. The van der Waals surface area contributed by atoms with E-state index in [0.29, 0.717) is 17.0 Å². The molecule has 0 fully saturated rings. The van der Waals surface area contributed by atoms with E-state index < -0.39 is 6.10 Å². The molecule has 1 amide bonds. The van der Waals surface area contributed by atoms with Crippen molar-refractivity contribution in [1.29, 1.82) is 0 Å². The first-order valence-corrected chi connectivity index (χ1v) is 9.01.